The maximum Gasteiger partial charge on any atom is 0.100 e. The number of aliphatic hydroxyl groups excluding tert-OH is 3. The summed E-state index contributed by atoms with van der Waals surface area (Å²) in [7, 11) is 0. The van der Waals surface area contributed by atoms with Crippen molar-refractivity contribution in [2.75, 3.05) is 19.8 Å². The summed E-state index contributed by atoms with van der Waals surface area (Å²) < 4.78 is 5.15. The fourth-order valence-electron chi connectivity index (χ4n) is 2.70. The fourth-order valence-corrected chi connectivity index (χ4v) is 2.70. The third-order valence-corrected chi connectivity index (χ3v) is 4.22. The van der Waals surface area contributed by atoms with E-state index in [0.29, 0.717) is 0 Å². The van der Waals surface area contributed by atoms with Crippen LogP contribution in [0.5, 0.6) is 0 Å². The second-order valence-electron chi connectivity index (χ2n) is 6.71. The van der Waals surface area contributed by atoms with Crippen LogP contribution in [0, 0.1) is 0 Å². The third-order valence-electron chi connectivity index (χ3n) is 4.22. The lowest BCUT2D eigenvalue weighted by atomic mass is 10.0. The van der Waals surface area contributed by atoms with Crippen LogP contribution in [0.25, 0.3) is 0 Å². The van der Waals surface area contributed by atoms with Gasteiger partial charge in [-0.05, 0) is 6.42 Å². The van der Waals surface area contributed by atoms with Gasteiger partial charge in [0.2, 0.25) is 0 Å². The SMILES string of the molecule is CCCCCCCCCCCCCC[C@H](O)COC[C@H](O)CO. The van der Waals surface area contributed by atoms with Gasteiger partial charge in [0.15, 0.2) is 0 Å². The van der Waals surface area contributed by atoms with E-state index in [2.05, 4.69) is 6.92 Å². The Morgan fingerprint density at radius 1 is 0.652 bits per heavy atom. The number of hydrogen-bond acceptors (Lipinski definition) is 4. The molecule has 0 rings (SSSR count). The molecule has 0 heterocycles. The maximum atomic E-state index is 9.73. The molecule has 0 aliphatic rings. The summed E-state index contributed by atoms with van der Waals surface area (Å²) in [6.07, 6.45) is 15.3. The van der Waals surface area contributed by atoms with Gasteiger partial charge in [-0.1, -0.05) is 84.0 Å². The van der Waals surface area contributed by atoms with Gasteiger partial charge >= 0.3 is 0 Å². The highest BCUT2D eigenvalue weighted by Crippen LogP contribution is 2.13. The summed E-state index contributed by atoms with van der Waals surface area (Å²) in [6, 6.07) is 0. The zero-order valence-corrected chi connectivity index (χ0v) is 15.2. The van der Waals surface area contributed by atoms with Crippen LogP contribution in [-0.4, -0.2) is 47.3 Å². The first-order valence-electron chi connectivity index (χ1n) is 9.75. The Hall–Kier alpha value is -0.160. The topological polar surface area (TPSA) is 69.9 Å². The van der Waals surface area contributed by atoms with E-state index in [4.69, 9.17) is 14.9 Å². The summed E-state index contributed by atoms with van der Waals surface area (Å²) in [4.78, 5) is 0. The standard InChI is InChI=1S/C19H40O4/c1-2-3-4-5-6-7-8-9-10-11-12-13-14-18(21)16-23-17-19(22)15-20/h18-22H,2-17H2,1H3/t18-,19+/m0/s1. The average Bonchev–Trinajstić information content (AvgIpc) is 2.55. The van der Waals surface area contributed by atoms with E-state index in [1.807, 2.05) is 0 Å². The number of hydrogen-bond donors (Lipinski definition) is 3. The second-order valence-corrected chi connectivity index (χ2v) is 6.71. The van der Waals surface area contributed by atoms with Crippen LogP contribution in [0.3, 0.4) is 0 Å². The first kappa shape index (κ1) is 22.8. The van der Waals surface area contributed by atoms with Crippen LogP contribution in [0.15, 0.2) is 0 Å². The van der Waals surface area contributed by atoms with E-state index in [9.17, 15) is 5.11 Å². The lowest BCUT2D eigenvalue weighted by molar-refractivity contribution is -0.0262. The summed E-state index contributed by atoms with van der Waals surface area (Å²) in [5, 5.41) is 27.5. The van der Waals surface area contributed by atoms with Gasteiger partial charge in [0.1, 0.15) is 6.10 Å². The number of unbranched alkanes of at least 4 members (excludes halogenated alkanes) is 11. The van der Waals surface area contributed by atoms with E-state index in [1.54, 1.807) is 0 Å². The Morgan fingerprint density at radius 2 is 1.09 bits per heavy atom. The molecule has 0 aliphatic heterocycles. The number of rotatable bonds is 18. The van der Waals surface area contributed by atoms with Gasteiger partial charge in [0.05, 0.1) is 25.9 Å². The molecule has 23 heavy (non-hydrogen) atoms. The smallest absolute Gasteiger partial charge is 0.100 e. The van der Waals surface area contributed by atoms with Crippen molar-refractivity contribution in [2.45, 2.75) is 103 Å². The third kappa shape index (κ3) is 18.0. The number of ether oxygens (including phenoxy) is 1. The Kier molecular flexibility index (Phi) is 18.1. The molecular weight excluding hydrogens is 292 g/mol. The lowest BCUT2D eigenvalue weighted by Crippen LogP contribution is -2.23. The van der Waals surface area contributed by atoms with Crippen molar-refractivity contribution in [1.82, 2.24) is 0 Å². The molecule has 0 aliphatic carbocycles. The van der Waals surface area contributed by atoms with Crippen LogP contribution in [-0.2, 0) is 4.74 Å². The highest BCUT2D eigenvalue weighted by atomic mass is 16.5. The first-order chi connectivity index (χ1) is 11.2. The molecule has 0 aromatic heterocycles. The summed E-state index contributed by atoms with van der Waals surface area (Å²) in [5.74, 6) is 0. The molecule has 0 aromatic carbocycles. The second kappa shape index (κ2) is 18.2. The van der Waals surface area contributed by atoms with Crippen molar-refractivity contribution in [3.05, 3.63) is 0 Å². The molecule has 0 radical (unpaired) electrons. The molecule has 4 heteroatoms. The molecular formula is C19H40O4. The van der Waals surface area contributed by atoms with E-state index >= 15 is 0 Å². The summed E-state index contributed by atoms with van der Waals surface area (Å²) in [5.41, 5.74) is 0. The average molecular weight is 333 g/mol. The molecule has 3 N–H and O–H groups in total. The molecule has 0 aromatic rings. The van der Waals surface area contributed by atoms with Crippen LogP contribution in [0.4, 0.5) is 0 Å². The minimum Gasteiger partial charge on any atom is -0.394 e. The zero-order chi connectivity index (χ0) is 17.2. The van der Waals surface area contributed by atoms with E-state index in [1.165, 1.54) is 70.6 Å². The maximum absolute atomic E-state index is 9.73. The Bertz CT molecular complexity index is 223. The minimum atomic E-state index is -0.839. The molecule has 0 saturated heterocycles. The van der Waals surface area contributed by atoms with E-state index in [0.717, 1.165) is 12.8 Å². The van der Waals surface area contributed by atoms with Gasteiger partial charge in [-0.3, -0.25) is 0 Å². The monoisotopic (exact) mass is 332 g/mol. The normalized spacial score (nSPS) is 14.1. The van der Waals surface area contributed by atoms with Gasteiger partial charge in [0, 0.05) is 0 Å². The largest absolute Gasteiger partial charge is 0.394 e. The molecule has 0 unspecified atom stereocenters. The molecule has 0 fully saturated rings. The van der Waals surface area contributed by atoms with Gasteiger partial charge < -0.3 is 20.1 Å². The lowest BCUT2D eigenvalue weighted by Gasteiger charge is -2.13. The quantitative estimate of drug-likeness (QED) is 0.334. The van der Waals surface area contributed by atoms with Crippen molar-refractivity contribution in [3.63, 3.8) is 0 Å². The molecule has 0 spiro atoms. The van der Waals surface area contributed by atoms with Crippen molar-refractivity contribution in [2.24, 2.45) is 0 Å². The van der Waals surface area contributed by atoms with Crippen molar-refractivity contribution >= 4 is 0 Å². The minimum absolute atomic E-state index is 0.0893. The van der Waals surface area contributed by atoms with Gasteiger partial charge in [-0.15, -0.1) is 0 Å². The summed E-state index contributed by atoms with van der Waals surface area (Å²) in [6.45, 7) is 2.30. The predicted molar refractivity (Wildman–Crippen MR) is 95.6 cm³/mol. The Balaban J connectivity index is 3.14. The molecule has 0 saturated carbocycles. The zero-order valence-electron chi connectivity index (χ0n) is 15.2. The van der Waals surface area contributed by atoms with Crippen molar-refractivity contribution in [1.29, 1.82) is 0 Å². The Morgan fingerprint density at radius 3 is 1.57 bits per heavy atom. The van der Waals surface area contributed by atoms with Crippen molar-refractivity contribution < 1.29 is 20.1 Å². The molecule has 4 nitrogen and oxygen atoms in total. The highest BCUT2D eigenvalue weighted by Gasteiger charge is 2.06. The van der Waals surface area contributed by atoms with E-state index < -0.39 is 12.2 Å². The number of aliphatic hydroxyl groups is 3. The van der Waals surface area contributed by atoms with Gasteiger partial charge in [0.25, 0.3) is 0 Å². The fraction of sp³-hybridized carbons (Fsp3) is 1.00. The van der Waals surface area contributed by atoms with Gasteiger partial charge in [-0.2, -0.15) is 0 Å². The van der Waals surface area contributed by atoms with Crippen molar-refractivity contribution in [3.8, 4) is 0 Å². The van der Waals surface area contributed by atoms with Crippen LogP contribution in [0.1, 0.15) is 90.4 Å². The first-order valence-corrected chi connectivity index (χ1v) is 9.75. The molecule has 0 amide bonds. The molecule has 2 atom stereocenters. The summed E-state index contributed by atoms with van der Waals surface area (Å²) >= 11 is 0. The molecule has 140 valence electrons. The Labute approximate surface area is 143 Å². The van der Waals surface area contributed by atoms with E-state index in [-0.39, 0.29) is 19.8 Å². The van der Waals surface area contributed by atoms with Gasteiger partial charge in [-0.25, -0.2) is 0 Å². The van der Waals surface area contributed by atoms with Crippen LogP contribution in [0.2, 0.25) is 0 Å². The highest BCUT2D eigenvalue weighted by molar-refractivity contribution is 4.57. The predicted octanol–water partition coefficient (Wildman–Crippen LogP) is 3.81. The van der Waals surface area contributed by atoms with Crippen LogP contribution < -0.4 is 0 Å². The van der Waals surface area contributed by atoms with Crippen LogP contribution >= 0.6 is 0 Å². The molecule has 0 bridgehead atoms.